The van der Waals surface area contributed by atoms with Crippen molar-refractivity contribution in [3.63, 3.8) is 0 Å². The minimum absolute atomic E-state index is 0.133. The fourth-order valence-corrected chi connectivity index (χ4v) is 2.87. The van der Waals surface area contributed by atoms with Crippen molar-refractivity contribution in [3.05, 3.63) is 20.3 Å². The van der Waals surface area contributed by atoms with Crippen LogP contribution < -0.4 is 5.73 Å². The molecule has 1 atom stereocenters. The number of carboxylic acids is 1. The van der Waals surface area contributed by atoms with E-state index < -0.39 is 11.9 Å². The molecule has 3 nitrogen and oxygen atoms in total. The molecule has 0 aliphatic rings. The molecule has 0 fully saturated rings. The first-order valence-corrected chi connectivity index (χ1v) is 5.41. The Labute approximate surface area is 88.7 Å². The summed E-state index contributed by atoms with van der Waals surface area (Å²) in [5, 5.41) is 10.8. The predicted octanol–water partition coefficient (Wildman–Crippen LogP) is 1.95. The van der Waals surface area contributed by atoms with Crippen molar-refractivity contribution in [1.82, 2.24) is 0 Å². The molecule has 0 aliphatic heterocycles. The van der Waals surface area contributed by atoms with Crippen molar-refractivity contribution in [2.45, 2.75) is 12.8 Å². The summed E-state index contributed by atoms with van der Waals surface area (Å²) in [7, 11) is 0. The molecule has 0 radical (unpaired) electrons. The summed E-state index contributed by atoms with van der Waals surface area (Å²) in [5.74, 6) is -1.46. The molecule has 0 aromatic carbocycles. The number of thiophene rings is 1. The molecule has 1 aromatic heterocycles. The average Bonchev–Trinajstić information content (AvgIpc) is 2.37. The molecule has 1 heterocycles. The number of hydrogen-bond acceptors (Lipinski definition) is 3. The van der Waals surface area contributed by atoms with Gasteiger partial charge < -0.3 is 10.8 Å². The van der Waals surface area contributed by atoms with Gasteiger partial charge in [-0.15, -0.1) is 11.3 Å². The largest absolute Gasteiger partial charge is 0.481 e. The highest BCUT2D eigenvalue weighted by Crippen LogP contribution is 2.33. The molecule has 0 amide bonds. The predicted molar refractivity (Wildman–Crippen MR) is 56.2 cm³/mol. The molecule has 5 heteroatoms. The van der Waals surface area contributed by atoms with Crippen molar-refractivity contribution in [1.29, 1.82) is 0 Å². The zero-order valence-corrected chi connectivity index (χ0v) is 9.48. The van der Waals surface area contributed by atoms with Gasteiger partial charge in [-0.1, -0.05) is 0 Å². The first-order chi connectivity index (χ1) is 6.07. The Bertz CT molecular complexity index is 324. The van der Waals surface area contributed by atoms with Crippen LogP contribution in [0.5, 0.6) is 0 Å². The van der Waals surface area contributed by atoms with E-state index >= 15 is 0 Å². The second-order valence-corrected chi connectivity index (χ2v) is 4.43. The fourth-order valence-electron chi connectivity index (χ4n) is 1.00. The number of halogens is 1. The van der Waals surface area contributed by atoms with Crippen molar-refractivity contribution in [3.8, 4) is 0 Å². The third-order valence-electron chi connectivity index (χ3n) is 1.78. The lowest BCUT2D eigenvalue weighted by Gasteiger charge is -2.07. The number of rotatable bonds is 3. The first-order valence-electron chi connectivity index (χ1n) is 3.74. The van der Waals surface area contributed by atoms with E-state index in [1.807, 2.05) is 12.3 Å². The minimum atomic E-state index is -0.870. The number of aryl methyl sites for hydroxylation is 1. The maximum absolute atomic E-state index is 10.8. The third-order valence-corrected chi connectivity index (χ3v) is 4.30. The van der Waals surface area contributed by atoms with E-state index in [9.17, 15) is 4.79 Å². The van der Waals surface area contributed by atoms with Gasteiger partial charge in [0.15, 0.2) is 0 Å². The molecule has 0 spiro atoms. The smallest absolute Gasteiger partial charge is 0.313 e. The van der Waals surface area contributed by atoms with Crippen LogP contribution in [0, 0.1) is 6.92 Å². The molecule has 0 aliphatic carbocycles. The molecule has 0 saturated heterocycles. The number of hydrogen-bond donors (Lipinski definition) is 2. The van der Waals surface area contributed by atoms with Crippen LogP contribution in [-0.2, 0) is 4.79 Å². The summed E-state index contributed by atoms with van der Waals surface area (Å²) in [5.41, 5.74) is 6.44. The Kier molecular flexibility index (Phi) is 3.47. The van der Waals surface area contributed by atoms with Gasteiger partial charge >= 0.3 is 5.97 Å². The van der Waals surface area contributed by atoms with E-state index in [0.717, 1.165) is 14.9 Å². The van der Waals surface area contributed by atoms with Gasteiger partial charge in [-0.2, -0.15) is 0 Å². The highest BCUT2D eigenvalue weighted by molar-refractivity contribution is 9.10. The zero-order chi connectivity index (χ0) is 10.0. The van der Waals surface area contributed by atoms with Crippen molar-refractivity contribution >= 4 is 33.2 Å². The highest BCUT2D eigenvalue weighted by atomic mass is 79.9. The van der Waals surface area contributed by atoms with E-state index in [4.69, 9.17) is 10.8 Å². The van der Waals surface area contributed by atoms with Crippen LogP contribution in [0.4, 0.5) is 0 Å². The molecule has 1 rings (SSSR count). The lowest BCUT2D eigenvalue weighted by molar-refractivity contribution is -0.138. The number of carbonyl (C=O) groups is 1. The van der Waals surface area contributed by atoms with E-state index in [2.05, 4.69) is 15.9 Å². The SMILES string of the molecule is Cc1csc(C(CN)C(=O)O)c1Br. The summed E-state index contributed by atoms with van der Waals surface area (Å²) >= 11 is 4.78. The maximum Gasteiger partial charge on any atom is 0.313 e. The van der Waals surface area contributed by atoms with Crippen LogP contribution in [0.1, 0.15) is 16.4 Å². The average molecular weight is 264 g/mol. The van der Waals surface area contributed by atoms with Gasteiger partial charge in [0.05, 0.1) is 0 Å². The van der Waals surface area contributed by atoms with Crippen LogP contribution in [0.15, 0.2) is 9.85 Å². The van der Waals surface area contributed by atoms with Gasteiger partial charge in [-0.3, -0.25) is 4.79 Å². The van der Waals surface area contributed by atoms with Gasteiger partial charge in [0.1, 0.15) is 5.92 Å². The fraction of sp³-hybridized carbons (Fsp3) is 0.375. The van der Waals surface area contributed by atoms with Crippen LogP contribution in [0.3, 0.4) is 0 Å². The Morgan fingerprint density at radius 2 is 2.46 bits per heavy atom. The normalized spacial score (nSPS) is 12.8. The highest BCUT2D eigenvalue weighted by Gasteiger charge is 2.22. The molecule has 0 saturated carbocycles. The van der Waals surface area contributed by atoms with Crippen molar-refractivity contribution < 1.29 is 9.90 Å². The van der Waals surface area contributed by atoms with Gasteiger partial charge in [0.2, 0.25) is 0 Å². The molecule has 1 unspecified atom stereocenters. The second kappa shape index (κ2) is 4.21. The lowest BCUT2D eigenvalue weighted by Crippen LogP contribution is -2.20. The van der Waals surface area contributed by atoms with Gasteiger partial charge in [0.25, 0.3) is 0 Å². The number of aliphatic carboxylic acids is 1. The topological polar surface area (TPSA) is 63.3 Å². The van der Waals surface area contributed by atoms with Crippen LogP contribution in [0.2, 0.25) is 0 Å². The number of carboxylic acid groups (broad SMARTS) is 1. The summed E-state index contributed by atoms with van der Waals surface area (Å²) < 4.78 is 0.871. The van der Waals surface area contributed by atoms with E-state index in [1.54, 1.807) is 0 Å². The van der Waals surface area contributed by atoms with Crippen LogP contribution in [0.25, 0.3) is 0 Å². The Hall–Kier alpha value is -0.390. The Balaban J connectivity index is 3.05. The zero-order valence-electron chi connectivity index (χ0n) is 7.08. The maximum atomic E-state index is 10.8. The van der Waals surface area contributed by atoms with Crippen molar-refractivity contribution in [2.75, 3.05) is 6.54 Å². The molecule has 3 N–H and O–H groups in total. The summed E-state index contributed by atoms with van der Waals surface area (Å²) in [4.78, 5) is 11.6. The monoisotopic (exact) mass is 263 g/mol. The summed E-state index contributed by atoms with van der Waals surface area (Å²) in [6.07, 6.45) is 0. The molecule has 0 bridgehead atoms. The molecule has 72 valence electrons. The Morgan fingerprint density at radius 1 is 1.85 bits per heavy atom. The quantitative estimate of drug-likeness (QED) is 0.877. The van der Waals surface area contributed by atoms with E-state index in [1.165, 1.54) is 11.3 Å². The molecule has 1 aromatic rings. The summed E-state index contributed by atoms with van der Waals surface area (Å²) in [6, 6.07) is 0. The van der Waals surface area contributed by atoms with Crippen LogP contribution in [-0.4, -0.2) is 17.6 Å². The van der Waals surface area contributed by atoms with Gasteiger partial charge in [-0.05, 0) is 33.8 Å². The minimum Gasteiger partial charge on any atom is -0.481 e. The number of nitrogens with two attached hydrogens (primary N) is 1. The molecular formula is C8H10BrNO2S. The first kappa shape index (κ1) is 10.7. The van der Waals surface area contributed by atoms with Gasteiger partial charge in [-0.25, -0.2) is 0 Å². The molecule has 13 heavy (non-hydrogen) atoms. The van der Waals surface area contributed by atoms with E-state index in [-0.39, 0.29) is 6.54 Å². The second-order valence-electron chi connectivity index (χ2n) is 2.72. The van der Waals surface area contributed by atoms with Crippen LogP contribution >= 0.6 is 27.3 Å². The summed E-state index contributed by atoms with van der Waals surface area (Å²) in [6.45, 7) is 2.06. The standard InChI is InChI=1S/C8H10BrNO2S/c1-4-3-13-7(6(4)9)5(2-10)8(11)12/h3,5H,2,10H2,1H3,(H,11,12). The van der Waals surface area contributed by atoms with Gasteiger partial charge in [0, 0.05) is 15.9 Å². The molecular weight excluding hydrogens is 254 g/mol. The third kappa shape index (κ3) is 2.10. The Morgan fingerprint density at radius 3 is 2.77 bits per heavy atom. The van der Waals surface area contributed by atoms with Crippen molar-refractivity contribution in [2.24, 2.45) is 5.73 Å². The lowest BCUT2D eigenvalue weighted by atomic mass is 10.1. The van der Waals surface area contributed by atoms with E-state index in [0.29, 0.717) is 0 Å².